The minimum Gasteiger partial charge on any atom is -0.464 e. The number of rotatable bonds is 3. The van der Waals surface area contributed by atoms with Crippen LogP contribution in [0.3, 0.4) is 0 Å². The molecular formula is C12H12FNO2S. The summed E-state index contributed by atoms with van der Waals surface area (Å²) in [5.74, 6) is -0.620. The minimum atomic E-state index is -0.427. The van der Waals surface area contributed by atoms with Gasteiger partial charge in [-0.05, 0) is 24.6 Å². The van der Waals surface area contributed by atoms with Gasteiger partial charge in [0, 0.05) is 4.88 Å². The summed E-state index contributed by atoms with van der Waals surface area (Å²) < 4.78 is 18.0. The zero-order valence-corrected chi connectivity index (χ0v) is 10.4. The first kappa shape index (κ1) is 11.9. The number of carbonyl (C=O) groups is 1. The van der Waals surface area contributed by atoms with Crippen molar-refractivity contribution in [1.82, 2.24) is 4.98 Å². The van der Waals surface area contributed by atoms with Crippen LogP contribution in [0.4, 0.5) is 4.39 Å². The third-order valence-corrected chi connectivity index (χ3v) is 3.72. The second-order valence-corrected chi connectivity index (χ2v) is 4.65. The van der Waals surface area contributed by atoms with Crippen molar-refractivity contribution in [3.63, 3.8) is 0 Å². The molecule has 5 heteroatoms. The lowest BCUT2D eigenvalue weighted by Gasteiger charge is -1.94. The van der Waals surface area contributed by atoms with Crippen LogP contribution < -0.4 is 0 Å². The van der Waals surface area contributed by atoms with Gasteiger partial charge in [0.1, 0.15) is 11.5 Å². The molecule has 1 N–H and O–H groups in total. The Labute approximate surface area is 102 Å². The number of ether oxygens (including phenoxy) is 1. The lowest BCUT2D eigenvalue weighted by atomic mass is 10.3. The fraction of sp³-hybridized carbons (Fsp3) is 0.250. The highest BCUT2D eigenvalue weighted by Crippen LogP contribution is 2.30. The summed E-state index contributed by atoms with van der Waals surface area (Å²) in [6.07, 6.45) is 0.668. The van der Waals surface area contributed by atoms with Crippen LogP contribution in [0.2, 0.25) is 0 Å². The SMILES string of the molecule is CCc1sc(-c2ccc(C(=O)OC)[nH]2)cc1F. The van der Waals surface area contributed by atoms with Gasteiger partial charge in [-0.2, -0.15) is 0 Å². The van der Waals surface area contributed by atoms with Gasteiger partial charge in [0.15, 0.2) is 0 Å². The summed E-state index contributed by atoms with van der Waals surface area (Å²) in [4.78, 5) is 15.7. The smallest absolute Gasteiger partial charge is 0.354 e. The van der Waals surface area contributed by atoms with Gasteiger partial charge in [0.25, 0.3) is 0 Å². The van der Waals surface area contributed by atoms with Gasteiger partial charge in [-0.15, -0.1) is 11.3 Å². The second kappa shape index (κ2) is 4.71. The first-order valence-corrected chi connectivity index (χ1v) is 6.03. The molecule has 2 heterocycles. The normalized spacial score (nSPS) is 10.5. The van der Waals surface area contributed by atoms with E-state index >= 15 is 0 Å². The Morgan fingerprint density at radius 2 is 2.29 bits per heavy atom. The van der Waals surface area contributed by atoms with E-state index in [2.05, 4.69) is 9.72 Å². The molecule has 2 aromatic rings. The first-order chi connectivity index (χ1) is 8.15. The van der Waals surface area contributed by atoms with Gasteiger partial charge in [-0.1, -0.05) is 6.92 Å². The summed E-state index contributed by atoms with van der Waals surface area (Å²) in [7, 11) is 1.32. The number of thiophene rings is 1. The Kier molecular flexibility index (Phi) is 3.28. The minimum absolute atomic E-state index is 0.193. The van der Waals surface area contributed by atoms with Gasteiger partial charge in [0.05, 0.1) is 17.7 Å². The van der Waals surface area contributed by atoms with Crippen molar-refractivity contribution < 1.29 is 13.9 Å². The number of hydrogen-bond donors (Lipinski definition) is 1. The highest BCUT2D eigenvalue weighted by atomic mass is 32.1. The molecule has 0 atom stereocenters. The Hall–Kier alpha value is -1.62. The maximum Gasteiger partial charge on any atom is 0.354 e. The van der Waals surface area contributed by atoms with E-state index in [4.69, 9.17) is 0 Å². The molecule has 2 aromatic heterocycles. The zero-order chi connectivity index (χ0) is 12.4. The Morgan fingerprint density at radius 3 is 2.88 bits per heavy atom. The molecule has 2 rings (SSSR count). The molecule has 0 aliphatic carbocycles. The van der Waals surface area contributed by atoms with Gasteiger partial charge >= 0.3 is 5.97 Å². The monoisotopic (exact) mass is 253 g/mol. The fourth-order valence-corrected chi connectivity index (χ4v) is 2.51. The molecule has 0 aromatic carbocycles. The van der Waals surface area contributed by atoms with E-state index < -0.39 is 5.97 Å². The lowest BCUT2D eigenvalue weighted by Crippen LogP contribution is -2.00. The van der Waals surface area contributed by atoms with Gasteiger partial charge < -0.3 is 9.72 Å². The molecule has 0 spiro atoms. The lowest BCUT2D eigenvalue weighted by molar-refractivity contribution is 0.0595. The van der Waals surface area contributed by atoms with E-state index in [9.17, 15) is 9.18 Å². The van der Waals surface area contributed by atoms with E-state index in [1.165, 1.54) is 24.5 Å². The van der Waals surface area contributed by atoms with E-state index in [-0.39, 0.29) is 5.82 Å². The predicted molar refractivity (Wildman–Crippen MR) is 64.8 cm³/mol. The summed E-state index contributed by atoms with van der Waals surface area (Å²) >= 11 is 1.39. The Balaban J connectivity index is 2.33. The van der Waals surface area contributed by atoms with Crippen molar-refractivity contribution in [3.05, 3.63) is 34.6 Å². The molecule has 0 bridgehead atoms. The number of H-pyrrole nitrogens is 1. The number of aryl methyl sites for hydroxylation is 1. The standard InChI is InChI=1S/C12H12FNO2S/c1-3-10-7(13)6-11(17-10)8-4-5-9(14-8)12(15)16-2/h4-6,14H,3H2,1-2H3. The molecule has 0 aliphatic heterocycles. The van der Waals surface area contributed by atoms with Gasteiger partial charge in [0.2, 0.25) is 0 Å². The number of methoxy groups -OCH3 is 1. The molecule has 0 amide bonds. The van der Waals surface area contributed by atoms with Crippen LogP contribution in [0.5, 0.6) is 0 Å². The van der Waals surface area contributed by atoms with E-state index in [1.54, 1.807) is 12.1 Å². The number of esters is 1. The summed E-state index contributed by atoms with van der Waals surface area (Å²) in [5.41, 5.74) is 1.10. The quantitative estimate of drug-likeness (QED) is 0.853. The Morgan fingerprint density at radius 1 is 1.53 bits per heavy atom. The van der Waals surface area contributed by atoms with Crippen molar-refractivity contribution in [3.8, 4) is 10.6 Å². The number of halogens is 1. The molecular weight excluding hydrogens is 241 g/mol. The fourth-order valence-electron chi connectivity index (χ4n) is 1.55. The van der Waals surface area contributed by atoms with Crippen LogP contribution in [0.15, 0.2) is 18.2 Å². The number of aromatic amines is 1. The van der Waals surface area contributed by atoms with Crippen LogP contribution in [0, 0.1) is 5.82 Å². The molecule has 0 saturated heterocycles. The average molecular weight is 253 g/mol. The van der Waals surface area contributed by atoms with E-state index in [1.807, 2.05) is 6.92 Å². The number of aromatic nitrogens is 1. The van der Waals surface area contributed by atoms with Crippen LogP contribution in [0.1, 0.15) is 22.3 Å². The van der Waals surface area contributed by atoms with Gasteiger partial charge in [-0.3, -0.25) is 0 Å². The van der Waals surface area contributed by atoms with Gasteiger partial charge in [-0.25, -0.2) is 9.18 Å². The largest absolute Gasteiger partial charge is 0.464 e. The van der Waals surface area contributed by atoms with Crippen molar-refractivity contribution >= 4 is 17.3 Å². The van der Waals surface area contributed by atoms with Crippen LogP contribution >= 0.6 is 11.3 Å². The molecule has 0 saturated carbocycles. The van der Waals surface area contributed by atoms with Crippen molar-refractivity contribution in [2.24, 2.45) is 0 Å². The zero-order valence-electron chi connectivity index (χ0n) is 9.54. The highest BCUT2D eigenvalue weighted by molar-refractivity contribution is 7.15. The topological polar surface area (TPSA) is 42.1 Å². The molecule has 3 nitrogen and oxygen atoms in total. The molecule has 0 aliphatic rings. The van der Waals surface area contributed by atoms with Crippen molar-refractivity contribution in [2.45, 2.75) is 13.3 Å². The predicted octanol–water partition coefficient (Wildman–Crippen LogP) is 3.23. The van der Waals surface area contributed by atoms with Crippen LogP contribution in [-0.2, 0) is 11.2 Å². The van der Waals surface area contributed by atoms with Crippen LogP contribution in [-0.4, -0.2) is 18.1 Å². The average Bonchev–Trinajstić information content (AvgIpc) is 2.94. The molecule has 17 heavy (non-hydrogen) atoms. The van der Waals surface area contributed by atoms with E-state index in [0.717, 1.165) is 10.6 Å². The summed E-state index contributed by atoms with van der Waals surface area (Å²) in [6, 6.07) is 4.86. The summed E-state index contributed by atoms with van der Waals surface area (Å²) in [6.45, 7) is 1.91. The number of nitrogens with one attached hydrogen (secondary N) is 1. The second-order valence-electron chi connectivity index (χ2n) is 3.51. The molecule has 90 valence electrons. The molecule has 0 unspecified atom stereocenters. The van der Waals surface area contributed by atoms with Crippen molar-refractivity contribution in [1.29, 1.82) is 0 Å². The maximum absolute atomic E-state index is 13.4. The van der Waals surface area contributed by atoms with Crippen LogP contribution in [0.25, 0.3) is 10.6 Å². The molecule has 0 fully saturated rings. The number of hydrogen-bond acceptors (Lipinski definition) is 3. The maximum atomic E-state index is 13.4. The summed E-state index contributed by atoms with van der Waals surface area (Å²) in [5, 5.41) is 0. The Bertz CT molecular complexity index is 544. The number of carbonyl (C=O) groups excluding carboxylic acids is 1. The van der Waals surface area contributed by atoms with E-state index in [0.29, 0.717) is 17.0 Å². The third-order valence-electron chi connectivity index (χ3n) is 2.44. The van der Waals surface area contributed by atoms with Crippen molar-refractivity contribution in [2.75, 3.05) is 7.11 Å². The highest BCUT2D eigenvalue weighted by Gasteiger charge is 2.13. The molecule has 0 radical (unpaired) electrons. The first-order valence-electron chi connectivity index (χ1n) is 5.21. The third kappa shape index (κ3) is 2.24.